The first kappa shape index (κ1) is 30.5. The first-order valence-electron chi connectivity index (χ1n) is 14.2. The van der Waals surface area contributed by atoms with Crippen LogP contribution in [0.4, 0.5) is 15.9 Å². The number of pyridine rings is 1. The van der Waals surface area contributed by atoms with E-state index < -0.39 is 11.9 Å². The van der Waals surface area contributed by atoms with Crippen LogP contribution >= 0.6 is 0 Å². The van der Waals surface area contributed by atoms with Crippen LogP contribution in [0.3, 0.4) is 0 Å². The van der Waals surface area contributed by atoms with Crippen molar-refractivity contribution in [2.45, 2.75) is 63.5 Å². The number of nitrogens with zero attached hydrogens (tertiary/aromatic N) is 2. The molecule has 10 heteroatoms. The zero-order chi connectivity index (χ0) is 29.9. The van der Waals surface area contributed by atoms with E-state index >= 15 is 0 Å². The summed E-state index contributed by atoms with van der Waals surface area (Å²) in [6.07, 6.45) is 6.72. The minimum Gasteiger partial charge on any atom is -0.497 e. The minimum atomic E-state index is -1.10. The maximum absolute atomic E-state index is 14.0. The number of ether oxygens (including phenoxy) is 2. The molecule has 0 bridgehead atoms. The fourth-order valence-corrected chi connectivity index (χ4v) is 5.12. The number of rotatable bonds is 12. The minimum absolute atomic E-state index is 0.0127. The van der Waals surface area contributed by atoms with Crippen molar-refractivity contribution in [2.75, 3.05) is 24.4 Å². The van der Waals surface area contributed by atoms with E-state index in [0.29, 0.717) is 28.6 Å². The third kappa shape index (κ3) is 8.28. The van der Waals surface area contributed by atoms with Gasteiger partial charge in [-0.2, -0.15) is 0 Å². The van der Waals surface area contributed by atoms with Crippen molar-refractivity contribution in [2.24, 2.45) is 0 Å². The molecule has 1 aromatic heterocycles. The first-order chi connectivity index (χ1) is 20.4. The first-order valence-corrected chi connectivity index (χ1v) is 14.2. The Hall–Kier alpha value is -4.47. The quantitative estimate of drug-likeness (QED) is 0.292. The maximum atomic E-state index is 14.0. The fraction of sp³-hybridized carbons (Fsp3) is 0.375. The second-order valence-corrected chi connectivity index (χ2v) is 10.2. The smallest absolute Gasteiger partial charge is 0.248 e. The lowest BCUT2D eigenvalue weighted by Crippen LogP contribution is -2.47. The molecule has 0 unspecified atom stereocenters. The standard InChI is InChI=1S/C32H37FN4O5/c1-41-26-19-25(20-27(21-26)42-2)37(30(39)13-8-12-29(38)36-28-11-6-7-18-34-28)31(22-14-16-23(33)17-15-22)32(40)35-24-9-4-3-5-10-24/h6-7,11,14-21,24,31H,3-5,8-10,12-13H2,1-2H3,(H,35,40)(H,34,36,38)/t31-/m1/s1. The summed E-state index contributed by atoms with van der Waals surface area (Å²) < 4.78 is 24.9. The van der Waals surface area contributed by atoms with Crippen LogP contribution in [0.5, 0.6) is 11.5 Å². The van der Waals surface area contributed by atoms with Gasteiger partial charge in [0.05, 0.1) is 19.9 Å². The molecule has 0 spiro atoms. The predicted octanol–water partition coefficient (Wildman–Crippen LogP) is 5.57. The van der Waals surface area contributed by atoms with E-state index in [4.69, 9.17) is 9.47 Å². The topological polar surface area (TPSA) is 110 Å². The molecular formula is C32H37FN4O5. The summed E-state index contributed by atoms with van der Waals surface area (Å²) in [6.45, 7) is 0. The van der Waals surface area contributed by atoms with Gasteiger partial charge in [0, 0.05) is 43.3 Å². The van der Waals surface area contributed by atoms with E-state index in [-0.39, 0.29) is 43.0 Å². The molecule has 0 saturated heterocycles. The number of amides is 3. The number of hydrogen-bond donors (Lipinski definition) is 2. The molecule has 3 amide bonds. The zero-order valence-corrected chi connectivity index (χ0v) is 24.0. The molecule has 222 valence electrons. The third-order valence-electron chi connectivity index (χ3n) is 7.25. The summed E-state index contributed by atoms with van der Waals surface area (Å²) in [5, 5.41) is 5.85. The van der Waals surface area contributed by atoms with E-state index in [9.17, 15) is 18.8 Å². The molecule has 1 atom stereocenters. The lowest BCUT2D eigenvalue weighted by atomic mass is 9.94. The Labute approximate surface area is 245 Å². The lowest BCUT2D eigenvalue weighted by Gasteiger charge is -2.34. The summed E-state index contributed by atoms with van der Waals surface area (Å²) in [5.41, 5.74) is 0.829. The van der Waals surface area contributed by atoms with Gasteiger partial charge in [0.1, 0.15) is 29.2 Å². The molecule has 1 aliphatic carbocycles. The van der Waals surface area contributed by atoms with Crippen molar-refractivity contribution in [1.82, 2.24) is 10.3 Å². The van der Waals surface area contributed by atoms with Gasteiger partial charge < -0.3 is 20.1 Å². The van der Waals surface area contributed by atoms with Crippen molar-refractivity contribution in [3.63, 3.8) is 0 Å². The van der Waals surface area contributed by atoms with Crippen LogP contribution in [-0.2, 0) is 14.4 Å². The van der Waals surface area contributed by atoms with Crippen LogP contribution in [0.25, 0.3) is 0 Å². The Balaban J connectivity index is 1.64. The van der Waals surface area contributed by atoms with E-state index in [2.05, 4.69) is 15.6 Å². The normalized spacial score (nSPS) is 14.0. The number of aromatic nitrogens is 1. The summed E-state index contributed by atoms with van der Waals surface area (Å²) in [5.74, 6) is -0.189. The summed E-state index contributed by atoms with van der Waals surface area (Å²) >= 11 is 0. The number of methoxy groups -OCH3 is 2. The highest BCUT2D eigenvalue weighted by molar-refractivity contribution is 6.02. The Kier molecular flexibility index (Phi) is 10.9. The van der Waals surface area contributed by atoms with Crippen LogP contribution in [-0.4, -0.2) is 43.0 Å². The second kappa shape index (κ2) is 15.0. The van der Waals surface area contributed by atoms with Gasteiger partial charge in [-0.1, -0.05) is 37.5 Å². The van der Waals surface area contributed by atoms with Crippen LogP contribution in [0.2, 0.25) is 0 Å². The highest BCUT2D eigenvalue weighted by atomic mass is 19.1. The largest absolute Gasteiger partial charge is 0.497 e. The number of anilines is 2. The van der Waals surface area contributed by atoms with E-state index in [1.54, 1.807) is 42.6 Å². The van der Waals surface area contributed by atoms with Gasteiger partial charge in [-0.05, 0) is 49.1 Å². The number of carbonyl (C=O) groups is 3. The molecule has 42 heavy (non-hydrogen) atoms. The zero-order valence-electron chi connectivity index (χ0n) is 24.0. The Morgan fingerprint density at radius 3 is 2.26 bits per heavy atom. The molecule has 1 aliphatic rings. The molecule has 2 N–H and O–H groups in total. The van der Waals surface area contributed by atoms with Crippen molar-refractivity contribution in [3.8, 4) is 11.5 Å². The van der Waals surface area contributed by atoms with Gasteiger partial charge >= 0.3 is 0 Å². The highest BCUT2D eigenvalue weighted by Crippen LogP contribution is 2.35. The fourth-order valence-electron chi connectivity index (χ4n) is 5.12. The monoisotopic (exact) mass is 576 g/mol. The number of halogens is 1. The van der Waals surface area contributed by atoms with Gasteiger partial charge in [0.25, 0.3) is 0 Å². The van der Waals surface area contributed by atoms with Gasteiger partial charge in [-0.15, -0.1) is 0 Å². The average molecular weight is 577 g/mol. The van der Waals surface area contributed by atoms with Gasteiger partial charge in [-0.3, -0.25) is 19.3 Å². The number of carbonyl (C=O) groups excluding carboxylic acids is 3. The molecule has 9 nitrogen and oxygen atoms in total. The molecule has 2 aromatic carbocycles. The van der Waals surface area contributed by atoms with Crippen LogP contribution in [0.1, 0.15) is 63.0 Å². The average Bonchev–Trinajstić information content (AvgIpc) is 3.01. The number of hydrogen-bond acceptors (Lipinski definition) is 6. The van der Waals surface area contributed by atoms with Crippen LogP contribution < -0.4 is 25.0 Å². The Morgan fingerprint density at radius 1 is 0.952 bits per heavy atom. The SMILES string of the molecule is COc1cc(OC)cc(N(C(=O)CCCC(=O)Nc2ccccn2)[C@@H](C(=O)NC2CCCCC2)c2ccc(F)cc2)c1. The van der Waals surface area contributed by atoms with Crippen LogP contribution in [0, 0.1) is 5.82 Å². The molecular weight excluding hydrogens is 539 g/mol. The number of nitrogens with one attached hydrogen (secondary N) is 2. The van der Waals surface area contributed by atoms with Gasteiger partial charge in [0.2, 0.25) is 17.7 Å². The molecule has 4 rings (SSSR count). The van der Waals surface area contributed by atoms with Gasteiger partial charge in [-0.25, -0.2) is 9.37 Å². The molecule has 3 aromatic rings. The van der Waals surface area contributed by atoms with E-state index in [1.165, 1.54) is 43.4 Å². The highest BCUT2D eigenvalue weighted by Gasteiger charge is 2.34. The van der Waals surface area contributed by atoms with Crippen molar-refractivity contribution in [3.05, 3.63) is 78.2 Å². The van der Waals surface area contributed by atoms with Gasteiger partial charge in [0.15, 0.2) is 0 Å². The van der Waals surface area contributed by atoms with Crippen molar-refractivity contribution in [1.29, 1.82) is 0 Å². The van der Waals surface area contributed by atoms with Crippen molar-refractivity contribution < 1.29 is 28.2 Å². The molecule has 1 saturated carbocycles. The summed E-state index contributed by atoms with van der Waals surface area (Å²) in [6, 6.07) is 14.6. The molecule has 1 heterocycles. The Bertz CT molecular complexity index is 1320. The third-order valence-corrected chi connectivity index (χ3v) is 7.25. The molecule has 0 radical (unpaired) electrons. The second-order valence-electron chi connectivity index (χ2n) is 10.2. The van der Waals surface area contributed by atoms with E-state index in [0.717, 1.165) is 32.1 Å². The molecule has 0 aliphatic heterocycles. The predicted molar refractivity (Wildman–Crippen MR) is 158 cm³/mol. The lowest BCUT2D eigenvalue weighted by molar-refractivity contribution is -0.127. The van der Waals surface area contributed by atoms with E-state index in [1.807, 2.05) is 0 Å². The molecule has 1 fully saturated rings. The Morgan fingerprint density at radius 2 is 1.64 bits per heavy atom. The maximum Gasteiger partial charge on any atom is 0.248 e. The van der Waals surface area contributed by atoms with Crippen molar-refractivity contribution >= 4 is 29.2 Å². The number of benzene rings is 2. The van der Waals surface area contributed by atoms with Crippen LogP contribution in [0.15, 0.2) is 66.9 Å². The summed E-state index contributed by atoms with van der Waals surface area (Å²) in [7, 11) is 3.00. The summed E-state index contributed by atoms with van der Waals surface area (Å²) in [4.78, 5) is 46.0.